The molecule has 1 spiro atoms. The Morgan fingerprint density at radius 1 is 0.617 bits per heavy atom. The molecule has 0 saturated heterocycles. The quantitative estimate of drug-likeness (QED) is 0.159. The zero-order valence-corrected chi connectivity index (χ0v) is 29.0. The number of nitrogens with zero attached hydrogens (tertiary/aromatic N) is 1. The maximum Gasteiger partial charge on any atom is 0.0601 e. The molecule has 7 aromatic rings. The number of aryl methyl sites for hydroxylation is 2. The van der Waals surface area contributed by atoms with Crippen LogP contribution in [0.5, 0.6) is 0 Å². The topological polar surface area (TPSA) is 12.9 Å². The molecule has 0 fully saturated rings. The van der Waals surface area contributed by atoms with E-state index >= 15 is 0 Å². The molecule has 1 aromatic heterocycles. The predicted octanol–water partition coefficient (Wildman–Crippen LogP) is 11.4. The Labute approximate surface area is 290 Å². The number of benzene rings is 6. The SMILES string of the molecule is CCCCc1ccc(-c2cccc3nc(-c4[c-]cc5c(c4)C4(c6ccccc6-c6ccccc64)c4cc(C)ccc4-5)ccc23)cc1.[Ir]. The van der Waals surface area contributed by atoms with Crippen molar-refractivity contribution in [1.82, 2.24) is 4.98 Å². The van der Waals surface area contributed by atoms with E-state index in [1.165, 1.54) is 85.0 Å². The van der Waals surface area contributed by atoms with Crippen LogP contribution in [0.1, 0.15) is 53.1 Å². The summed E-state index contributed by atoms with van der Waals surface area (Å²) in [6, 6.07) is 53.1. The van der Waals surface area contributed by atoms with E-state index in [0.29, 0.717) is 0 Å². The molecular formula is C45H34IrN-. The van der Waals surface area contributed by atoms with Gasteiger partial charge in [-0.2, -0.15) is 0 Å². The van der Waals surface area contributed by atoms with E-state index in [4.69, 9.17) is 4.98 Å². The van der Waals surface area contributed by atoms with Gasteiger partial charge in [0.05, 0.1) is 10.9 Å². The van der Waals surface area contributed by atoms with Crippen molar-refractivity contribution in [2.75, 3.05) is 0 Å². The molecular weight excluding hydrogens is 747 g/mol. The van der Waals surface area contributed by atoms with Crippen molar-refractivity contribution in [3.8, 4) is 44.6 Å². The third kappa shape index (κ3) is 4.43. The summed E-state index contributed by atoms with van der Waals surface area (Å²) in [6.45, 7) is 4.45. The smallest absolute Gasteiger partial charge is 0.0601 e. The van der Waals surface area contributed by atoms with Crippen LogP contribution in [0.25, 0.3) is 55.5 Å². The number of unbranched alkanes of at least 4 members (excludes halogenated alkanes) is 1. The molecule has 229 valence electrons. The first-order valence-corrected chi connectivity index (χ1v) is 16.5. The molecule has 0 unspecified atom stereocenters. The number of hydrogen-bond acceptors (Lipinski definition) is 1. The van der Waals surface area contributed by atoms with Gasteiger partial charge in [0.15, 0.2) is 0 Å². The molecule has 2 aliphatic carbocycles. The monoisotopic (exact) mass is 781 g/mol. The third-order valence-electron chi connectivity index (χ3n) is 10.3. The van der Waals surface area contributed by atoms with Crippen molar-refractivity contribution in [1.29, 1.82) is 0 Å². The Kier molecular flexibility index (Phi) is 7.32. The fraction of sp³-hybridized carbons (Fsp3) is 0.133. The van der Waals surface area contributed by atoms with Crippen LogP contribution in [-0.2, 0) is 31.9 Å². The van der Waals surface area contributed by atoms with Gasteiger partial charge in [-0.25, -0.2) is 0 Å². The molecule has 9 rings (SSSR count). The van der Waals surface area contributed by atoms with Gasteiger partial charge in [-0.3, -0.25) is 4.98 Å². The van der Waals surface area contributed by atoms with E-state index in [9.17, 15) is 0 Å². The minimum atomic E-state index is -0.374. The third-order valence-corrected chi connectivity index (χ3v) is 10.3. The van der Waals surface area contributed by atoms with E-state index < -0.39 is 0 Å². The average molecular weight is 781 g/mol. The number of fused-ring (bicyclic) bond motifs is 11. The summed E-state index contributed by atoms with van der Waals surface area (Å²) in [5.41, 5.74) is 18.3. The Morgan fingerprint density at radius 3 is 2.04 bits per heavy atom. The van der Waals surface area contributed by atoms with E-state index in [2.05, 4.69) is 153 Å². The normalized spacial score (nSPS) is 13.1. The summed E-state index contributed by atoms with van der Waals surface area (Å²) in [7, 11) is 0. The summed E-state index contributed by atoms with van der Waals surface area (Å²) in [6.07, 6.45) is 3.58. The van der Waals surface area contributed by atoms with Gasteiger partial charge in [0.25, 0.3) is 0 Å². The summed E-state index contributed by atoms with van der Waals surface area (Å²) in [5, 5.41) is 1.17. The number of aromatic nitrogens is 1. The van der Waals surface area contributed by atoms with E-state index in [-0.39, 0.29) is 25.5 Å². The van der Waals surface area contributed by atoms with Gasteiger partial charge < -0.3 is 0 Å². The van der Waals surface area contributed by atoms with Crippen molar-refractivity contribution >= 4 is 10.9 Å². The molecule has 2 heteroatoms. The first-order chi connectivity index (χ1) is 22.7. The summed E-state index contributed by atoms with van der Waals surface area (Å²) in [5.74, 6) is 0. The molecule has 0 bridgehead atoms. The van der Waals surface area contributed by atoms with Gasteiger partial charge in [0.1, 0.15) is 0 Å². The van der Waals surface area contributed by atoms with Crippen LogP contribution in [0.15, 0.2) is 133 Å². The van der Waals surface area contributed by atoms with Crippen LogP contribution in [-0.4, -0.2) is 4.98 Å². The minimum Gasteiger partial charge on any atom is -0.296 e. The Morgan fingerprint density at radius 2 is 1.30 bits per heavy atom. The molecule has 0 atom stereocenters. The zero-order valence-electron chi connectivity index (χ0n) is 26.6. The van der Waals surface area contributed by atoms with Gasteiger partial charge in [0, 0.05) is 25.5 Å². The fourth-order valence-electron chi connectivity index (χ4n) is 8.12. The standard InChI is InChI=1S/C45H34N.Ir/c1-3-4-10-30-18-20-31(21-19-30)33-13-9-16-44-38(33)25-26-43(46-44)32-22-24-37-36-23-17-29(2)27-41(36)45(42(37)28-32)39-14-7-5-11-34(39)35-12-6-8-15-40(35)45;/h5-9,11-21,23-28H,3-4,10H2,1-2H3;/q-1;. The van der Waals surface area contributed by atoms with Crippen molar-refractivity contribution < 1.29 is 20.1 Å². The van der Waals surface area contributed by atoms with Crippen LogP contribution >= 0.6 is 0 Å². The first kappa shape index (κ1) is 29.8. The molecule has 1 nitrogen and oxygen atoms in total. The van der Waals surface area contributed by atoms with Gasteiger partial charge in [0.2, 0.25) is 0 Å². The average Bonchev–Trinajstić information content (AvgIpc) is 3.57. The molecule has 0 N–H and O–H groups in total. The van der Waals surface area contributed by atoms with Crippen molar-refractivity contribution in [2.45, 2.75) is 38.5 Å². The zero-order chi connectivity index (χ0) is 30.8. The molecule has 47 heavy (non-hydrogen) atoms. The molecule has 1 heterocycles. The summed E-state index contributed by atoms with van der Waals surface area (Å²) < 4.78 is 0. The predicted molar refractivity (Wildman–Crippen MR) is 191 cm³/mol. The van der Waals surface area contributed by atoms with Crippen LogP contribution < -0.4 is 0 Å². The van der Waals surface area contributed by atoms with E-state index in [1.807, 2.05) is 0 Å². The number of hydrogen-bond donors (Lipinski definition) is 0. The maximum atomic E-state index is 5.25. The second-order valence-electron chi connectivity index (χ2n) is 12.9. The second kappa shape index (κ2) is 11.6. The van der Waals surface area contributed by atoms with Crippen LogP contribution in [0.4, 0.5) is 0 Å². The molecule has 6 aromatic carbocycles. The van der Waals surface area contributed by atoms with Gasteiger partial charge >= 0.3 is 0 Å². The second-order valence-corrected chi connectivity index (χ2v) is 12.9. The molecule has 0 amide bonds. The molecule has 0 saturated carbocycles. The Hall–Kier alpha value is -4.62. The molecule has 1 radical (unpaired) electrons. The van der Waals surface area contributed by atoms with Crippen LogP contribution in [0, 0.1) is 13.0 Å². The fourth-order valence-corrected chi connectivity index (χ4v) is 8.12. The van der Waals surface area contributed by atoms with E-state index in [0.717, 1.165) is 23.2 Å². The number of pyridine rings is 1. The van der Waals surface area contributed by atoms with Crippen molar-refractivity contribution in [3.63, 3.8) is 0 Å². The van der Waals surface area contributed by atoms with Gasteiger partial charge in [-0.1, -0.05) is 145 Å². The first-order valence-electron chi connectivity index (χ1n) is 16.5. The minimum absolute atomic E-state index is 0. The summed E-state index contributed by atoms with van der Waals surface area (Å²) >= 11 is 0. The van der Waals surface area contributed by atoms with Crippen LogP contribution in [0.3, 0.4) is 0 Å². The largest absolute Gasteiger partial charge is 0.296 e. The maximum absolute atomic E-state index is 5.25. The Bertz CT molecular complexity index is 2270. The van der Waals surface area contributed by atoms with Gasteiger partial charge in [-0.15, -0.1) is 29.3 Å². The molecule has 0 aliphatic heterocycles. The Balaban J connectivity index is 0.00000324. The molecule has 2 aliphatic rings. The summed E-state index contributed by atoms with van der Waals surface area (Å²) in [4.78, 5) is 5.25. The van der Waals surface area contributed by atoms with Crippen LogP contribution in [0.2, 0.25) is 0 Å². The van der Waals surface area contributed by atoms with E-state index in [1.54, 1.807) is 0 Å². The van der Waals surface area contributed by atoms with Crippen molar-refractivity contribution in [3.05, 3.63) is 173 Å². The van der Waals surface area contributed by atoms with Gasteiger partial charge in [-0.05, 0) is 76.0 Å². The number of rotatable bonds is 5. The van der Waals surface area contributed by atoms with Crippen molar-refractivity contribution in [2.24, 2.45) is 0 Å².